The van der Waals surface area contributed by atoms with Crippen molar-refractivity contribution in [3.8, 4) is 0 Å². The molecule has 2 aromatic rings. The summed E-state index contributed by atoms with van der Waals surface area (Å²) in [6.45, 7) is 6.00. The Morgan fingerprint density at radius 3 is 2.95 bits per heavy atom. The van der Waals surface area contributed by atoms with Crippen molar-refractivity contribution in [2.24, 2.45) is 5.16 Å². The fourth-order valence-electron chi connectivity index (χ4n) is 2.21. The number of hydrogen-bond donors (Lipinski definition) is 1. The highest BCUT2D eigenvalue weighted by Crippen LogP contribution is 2.29. The quantitative estimate of drug-likeness (QED) is 0.917. The largest absolute Gasteiger partial charge is 0.384 e. The van der Waals surface area contributed by atoms with E-state index in [2.05, 4.69) is 15.1 Å². The first kappa shape index (κ1) is 12.3. The van der Waals surface area contributed by atoms with E-state index in [0.717, 1.165) is 27.4 Å². The number of hydrogen-bond acceptors (Lipinski definition) is 5. The lowest BCUT2D eigenvalue weighted by Gasteiger charge is -2.06. The lowest BCUT2D eigenvalue weighted by atomic mass is 10.1. The van der Waals surface area contributed by atoms with Crippen LogP contribution < -0.4 is 5.56 Å². The Morgan fingerprint density at radius 2 is 2.26 bits per heavy atom. The molecule has 3 heterocycles. The van der Waals surface area contributed by atoms with Gasteiger partial charge in [-0.3, -0.25) is 4.79 Å². The summed E-state index contributed by atoms with van der Waals surface area (Å²) in [5.41, 5.74) is 1.93. The van der Waals surface area contributed by atoms with Crippen molar-refractivity contribution in [3.63, 3.8) is 0 Å². The minimum Gasteiger partial charge on any atom is -0.384 e. The van der Waals surface area contributed by atoms with Crippen molar-refractivity contribution in [1.29, 1.82) is 0 Å². The fourth-order valence-corrected chi connectivity index (χ4v) is 3.24. The van der Waals surface area contributed by atoms with Crippen LogP contribution in [0.1, 0.15) is 42.1 Å². The molecule has 0 aromatic carbocycles. The zero-order valence-corrected chi connectivity index (χ0v) is 11.9. The summed E-state index contributed by atoms with van der Waals surface area (Å²) in [7, 11) is 0. The summed E-state index contributed by atoms with van der Waals surface area (Å²) >= 11 is 1.55. The monoisotopic (exact) mass is 277 g/mol. The van der Waals surface area contributed by atoms with E-state index >= 15 is 0 Å². The maximum Gasteiger partial charge on any atom is 0.260 e. The molecule has 0 radical (unpaired) electrons. The van der Waals surface area contributed by atoms with Gasteiger partial charge in [0.2, 0.25) is 0 Å². The average Bonchev–Trinajstić information content (AvgIpc) is 2.95. The van der Waals surface area contributed by atoms with Crippen LogP contribution in [0.15, 0.2) is 9.95 Å². The van der Waals surface area contributed by atoms with Crippen molar-refractivity contribution >= 4 is 27.3 Å². The van der Waals surface area contributed by atoms with E-state index in [9.17, 15) is 4.79 Å². The van der Waals surface area contributed by atoms with E-state index in [1.54, 1.807) is 11.3 Å². The Morgan fingerprint density at radius 1 is 1.47 bits per heavy atom. The molecule has 0 spiro atoms. The summed E-state index contributed by atoms with van der Waals surface area (Å²) in [6.07, 6.45) is 1.31. The van der Waals surface area contributed by atoms with Crippen LogP contribution in [0.25, 0.3) is 10.2 Å². The highest BCUT2D eigenvalue weighted by molar-refractivity contribution is 7.18. The number of fused-ring (bicyclic) bond motifs is 1. The van der Waals surface area contributed by atoms with Crippen LogP contribution in [-0.4, -0.2) is 15.7 Å². The number of nitrogens with zero attached hydrogens (tertiary/aromatic N) is 2. The second kappa shape index (κ2) is 4.45. The maximum atomic E-state index is 12.2. The van der Waals surface area contributed by atoms with Crippen LogP contribution >= 0.6 is 11.3 Å². The van der Waals surface area contributed by atoms with Crippen LogP contribution in [0.4, 0.5) is 0 Å². The number of rotatable bonds is 2. The normalized spacial score (nSPS) is 18.7. The van der Waals surface area contributed by atoms with E-state index < -0.39 is 0 Å². The third-order valence-corrected chi connectivity index (χ3v) is 4.60. The maximum absolute atomic E-state index is 12.2. The van der Waals surface area contributed by atoms with E-state index in [1.165, 1.54) is 0 Å². The summed E-state index contributed by atoms with van der Waals surface area (Å²) in [5.74, 6) is 0.575. The minimum absolute atomic E-state index is 0.0876. The van der Waals surface area contributed by atoms with Crippen LogP contribution in [0.5, 0.6) is 0 Å². The standard InChI is InChI=1S/C13H15N3O2S/c1-4-8-5-9(18-16-8)11-14-12(17)10-6(2)7(3)19-13(10)15-11/h9H,4-5H2,1-3H3,(H,14,15,17). The van der Waals surface area contributed by atoms with Crippen LogP contribution in [0.3, 0.4) is 0 Å². The molecule has 6 heteroatoms. The molecule has 2 aromatic heterocycles. The Hall–Kier alpha value is -1.69. The Bertz CT molecular complexity index is 729. The zero-order valence-electron chi connectivity index (χ0n) is 11.1. The third-order valence-electron chi connectivity index (χ3n) is 3.50. The van der Waals surface area contributed by atoms with Gasteiger partial charge in [-0.15, -0.1) is 11.3 Å². The van der Waals surface area contributed by atoms with E-state index in [0.29, 0.717) is 17.6 Å². The second-order valence-corrected chi connectivity index (χ2v) is 5.93. The molecule has 0 saturated heterocycles. The number of oxime groups is 1. The molecule has 1 atom stereocenters. The molecule has 0 amide bonds. The molecule has 0 aliphatic carbocycles. The average molecular weight is 277 g/mol. The first-order valence-electron chi connectivity index (χ1n) is 6.31. The molecule has 19 heavy (non-hydrogen) atoms. The van der Waals surface area contributed by atoms with Gasteiger partial charge >= 0.3 is 0 Å². The molecule has 0 saturated carbocycles. The molecule has 1 unspecified atom stereocenters. The molecule has 1 N–H and O–H groups in total. The van der Waals surface area contributed by atoms with Crippen molar-refractivity contribution in [2.75, 3.05) is 0 Å². The van der Waals surface area contributed by atoms with Crippen molar-refractivity contribution in [3.05, 3.63) is 26.6 Å². The van der Waals surface area contributed by atoms with Crippen molar-refractivity contribution < 1.29 is 4.84 Å². The molecule has 1 aliphatic rings. The predicted molar refractivity (Wildman–Crippen MR) is 75.9 cm³/mol. The van der Waals surface area contributed by atoms with Gasteiger partial charge in [-0.05, 0) is 25.8 Å². The second-order valence-electron chi connectivity index (χ2n) is 4.72. The van der Waals surface area contributed by atoms with Gasteiger partial charge in [0.05, 0.1) is 11.1 Å². The van der Waals surface area contributed by atoms with Gasteiger partial charge in [-0.25, -0.2) is 4.98 Å². The fraction of sp³-hybridized carbons (Fsp3) is 0.462. The lowest BCUT2D eigenvalue weighted by Crippen LogP contribution is -2.14. The molecular weight excluding hydrogens is 262 g/mol. The third kappa shape index (κ3) is 1.96. The molecule has 100 valence electrons. The van der Waals surface area contributed by atoms with E-state index in [1.807, 2.05) is 20.8 Å². The first-order valence-corrected chi connectivity index (χ1v) is 7.13. The van der Waals surface area contributed by atoms with Gasteiger partial charge in [0.1, 0.15) is 4.83 Å². The number of thiophene rings is 1. The number of H-pyrrole nitrogens is 1. The molecule has 0 bridgehead atoms. The van der Waals surface area contributed by atoms with Crippen LogP contribution in [0.2, 0.25) is 0 Å². The summed E-state index contributed by atoms with van der Waals surface area (Å²) in [5, 5.41) is 4.70. The van der Waals surface area contributed by atoms with Gasteiger partial charge in [0.25, 0.3) is 5.56 Å². The molecule has 0 fully saturated rings. The summed E-state index contributed by atoms with van der Waals surface area (Å²) in [4.78, 5) is 26.8. The smallest absolute Gasteiger partial charge is 0.260 e. The van der Waals surface area contributed by atoms with E-state index in [-0.39, 0.29) is 11.7 Å². The molecule has 5 nitrogen and oxygen atoms in total. The predicted octanol–water partition coefficient (Wildman–Crippen LogP) is 2.83. The van der Waals surface area contributed by atoms with Gasteiger partial charge in [-0.2, -0.15) is 0 Å². The summed E-state index contributed by atoms with van der Waals surface area (Å²) < 4.78 is 0. The molecule has 3 rings (SSSR count). The number of aryl methyl sites for hydroxylation is 2. The highest BCUT2D eigenvalue weighted by Gasteiger charge is 2.25. The number of aromatic amines is 1. The van der Waals surface area contributed by atoms with Crippen LogP contribution in [-0.2, 0) is 4.84 Å². The zero-order chi connectivity index (χ0) is 13.6. The van der Waals surface area contributed by atoms with Gasteiger partial charge in [-0.1, -0.05) is 12.1 Å². The van der Waals surface area contributed by atoms with Gasteiger partial charge in [0, 0.05) is 11.3 Å². The molecule has 1 aliphatic heterocycles. The van der Waals surface area contributed by atoms with Crippen LogP contribution in [0, 0.1) is 13.8 Å². The Kier molecular flexibility index (Phi) is 2.89. The van der Waals surface area contributed by atoms with Crippen molar-refractivity contribution in [1.82, 2.24) is 9.97 Å². The molecular formula is C13H15N3O2S. The van der Waals surface area contributed by atoms with Gasteiger partial charge < -0.3 is 9.82 Å². The van der Waals surface area contributed by atoms with Gasteiger partial charge in [0.15, 0.2) is 11.9 Å². The Labute approximate surface area is 114 Å². The SMILES string of the molecule is CCC1=NOC(c2nc3sc(C)c(C)c3c(=O)[nH]2)C1. The lowest BCUT2D eigenvalue weighted by molar-refractivity contribution is 0.0792. The topological polar surface area (TPSA) is 67.3 Å². The number of nitrogens with one attached hydrogen (secondary N) is 1. The summed E-state index contributed by atoms with van der Waals surface area (Å²) in [6, 6.07) is 0. The van der Waals surface area contributed by atoms with Crippen molar-refractivity contribution in [2.45, 2.75) is 39.7 Å². The first-order chi connectivity index (χ1) is 9.10. The Balaban J connectivity index is 2.05. The number of aromatic nitrogens is 2. The highest BCUT2D eigenvalue weighted by atomic mass is 32.1. The minimum atomic E-state index is -0.255. The van der Waals surface area contributed by atoms with E-state index in [4.69, 9.17) is 4.84 Å².